The molecule has 3 rings (SSSR count). The number of furan rings is 1. The first kappa shape index (κ1) is 17.5. The first-order valence-electron chi connectivity index (χ1n) is 7.89. The largest absolute Gasteiger partial charge is 0.455 e. The van der Waals surface area contributed by atoms with E-state index < -0.39 is 0 Å². The van der Waals surface area contributed by atoms with Crippen LogP contribution in [0.5, 0.6) is 0 Å². The van der Waals surface area contributed by atoms with Crippen LogP contribution in [0.2, 0.25) is 0 Å². The molecule has 6 nitrogen and oxygen atoms in total. The predicted octanol–water partition coefficient (Wildman–Crippen LogP) is 2.08. The van der Waals surface area contributed by atoms with Crippen molar-refractivity contribution in [1.29, 1.82) is 0 Å². The molecule has 0 spiro atoms. The van der Waals surface area contributed by atoms with Crippen LogP contribution in [0, 0.1) is 5.82 Å². The number of hydrogen-bond donors (Lipinski definition) is 2. The lowest BCUT2D eigenvalue weighted by atomic mass is 10.1. The summed E-state index contributed by atoms with van der Waals surface area (Å²) in [7, 11) is 0. The summed E-state index contributed by atoms with van der Waals surface area (Å²) in [5.41, 5.74) is 9.20. The van der Waals surface area contributed by atoms with Gasteiger partial charge in [0, 0.05) is 30.8 Å². The van der Waals surface area contributed by atoms with Crippen molar-refractivity contribution < 1.29 is 13.5 Å². The first-order valence-corrected chi connectivity index (χ1v) is 8.30. The van der Waals surface area contributed by atoms with Crippen LogP contribution >= 0.6 is 12.2 Å². The van der Waals surface area contributed by atoms with Crippen molar-refractivity contribution >= 4 is 23.5 Å². The van der Waals surface area contributed by atoms with Gasteiger partial charge in [0.1, 0.15) is 17.3 Å². The Labute approximate surface area is 150 Å². The lowest BCUT2D eigenvalue weighted by Crippen LogP contribution is -2.35. The molecule has 8 heteroatoms. The van der Waals surface area contributed by atoms with E-state index in [1.165, 1.54) is 12.3 Å². The molecule has 3 N–H and O–H groups in total. The number of rotatable bonds is 5. The zero-order valence-corrected chi connectivity index (χ0v) is 14.4. The molecular weight excluding hydrogens is 343 g/mol. The van der Waals surface area contributed by atoms with E-state index in [4.69, 9.17) is 14.9 Å². The Morgan fingerprint density at radius 3 is 2.88 bits per heavy atom. The summed E-state index contributed by atoms with van der Waals surface area (Å²) in [6.45, 7) is 3.53. The van der Waals surface area contributed by atoms with Gasteiger partial charge < -0.3 is 14.9 Å². The SMILES string of the molecule is NC(=S)NN=Cc1ccc(-c2ccc(F)c(CN3CCOCC3)c2)o1. The maximum Gasteiger partial charge on any atom is 0.184 e. The highest BCUT2D eigenvalue weighted by Gasteiger charge is 2.14. The molecule has 132 valence electrons. The minimum atomic E-state index is -0.218. The van der Waals surface area contributed by atoms with Gasteiger partial charge in [0.25, 0.3) is 0 Å². The third-order valence-corrected chi connectivity index (χ3v) is 3.91. The van der Waals surface area contributed by atoms with Gasteiger partial charge in [-0.3, -0.25) is 10.3 Å². The molecule has 0 saturated carbocycles. The molecule has 1 aromatic carbocycles. The van der Waals surface area contributed by atoms with Crippen LogP contribution in [0.1, 0.15) is 11.3 Å². The molecule has 1 aliphatic heterocycles. The zero-order chi connectivity index (χ0) is 17.6. The number of nitrogens with one attached hydrogen (secondary N) is 1. The Morgan fingerprint density at radius 2 is 2.12 bits per heavy atom. The molecule has 2 heterocycles. The molecule has 0 bridgehead atoms. The molecule has 1 saturated heterocycles. The van der Waals surface area contributed by atoms with E-state index in [0.717, 1.165) is 18.7 Å². The predicted molar refractivity (Wildman–Crippen MR) is 97.7 cm³/mol. The van der Waals surface area contributed by atoms with Crippen LogP contribution in [0.25, 0.3) is 11.3 Å². The molecular formula is C17H19FN4O2S. The van der Waals surface area contributed by atoms with Gasteiger partial charge in [-0.2, -0.15) is 5.10 Å². The second kappa shape index (κ2) is 8.19. The van der Waals surface area contributed by atoms with E-state index in [1.54, 1.807) is 12.1 Å². The third kappa shape index (κ3) is 4.85. The normalized spacial score (nSPS) is 15.6. The van der Waals surface area contributed by atoms with Crippen molar-refractivity contribution in [2.24, 2.45) is 10.8 Å². The van der Waals surface area contributed by atoms with Crippen molar-refractivity contribution in [3.8, 4) is 11.3 Å². The van der Waals surface area contributed by atoms with Crippen molar-refractivity contribution in [3.05, 3.63) is 47.5 Å². The minimum Gasteiger partial charge on any atom is -0.455 e. The van der Waals surface area contributed by atoms with Gasteiger partial charge >= 0.3 is 0 Å². The minimum absolute atomic E-state index is 0.0781. The van der Waals surface area contributed by atoms with Gasteiger partial charge in [-0.05, 0) is 42.5 Å². The van der Waals surface area contributed by atoms with E-state index in [2.05, 4.69) is 27.6 Å². The van der Waals surface area contributed by atoms with Gasteiger partial charge in [0.2, 0.25) is 0 Å². The maximum absolute atomic E-state index is 14.1. The smallest absolute Gasteiger partial charge is 0.184 e. The number of morpholine rings is 1. The molecule has 0 atom stereocenters. The Bertz CT molecular complexity index is 772. The van der Waals surface area contributed by atoms with Crippen LogP contribution in [-0.2, 0) is 11.3 Å². The molecule has 0 unspecified atom stereocenters. The fourth-order valence-corrected chi connectivity index (χ4v) is 2.64. The van der Waals surface area contributed by atoms with E-state index in [0.29, 0.717) is 36.8 Å². The van der Waals surface area contributed by atoms with Gasteiger partial charge in [0.05, 0.1) is 19.4 Å². The molecule has 1 aromatic heterocycles. The Morgan fingerprint density at radius 1 is 1.32 bits per heavy atom. The average molecular weight is 362 g/mol. The standard InChI is InChI=1S/C17H19FN4O2S/c18-15-3-1-12(9-13(15)11-22-5-7-23-8-6-22)16-4-2-14(24-16)10-20-21-17(19)25/h1-4,9-10H,5-8,11H2,(H3,19,21,25). The van der Waals surface area contributed by atoms with Gasteiger partial charge in [-0.25, -0.2) is 4.39 Å². The lowest BCUT2D eigenvalue weighted by Gasteiger charge is -2.26. The summed E-state index contributed by atoms with van der Waals surface area (Å²) in [5, 5.41) is 3.92. The number of hydrogen-bond acceptors (Lipinski definition) is 5. The second-order valence-electron chi connectivity index (χ2n) is 5.63. The number of hydrazone groups is 1. The highest BCUT2D eigenvalue weighted by Crippen LogP contribution is 2.25. The summed E-state index contributed by atoms with van der Waals surface area (Å²) in [6, 6.07) is 8.57. The first-order chi connectivity index (χ1) is 12.1. The molecule has 0 radical (unpaired) electrons. The number of nitrogens with zero attached hydrogens (tertiary/aromatic N) is 2. The molecule has 1 fully saturated rings. The number of benzene rings is 1. The monoisotopic (exact) mass is 362 g/mol. The molecule has 1 aliphatic rings. The molecule has 0 aliphatic carbocycles. The zero-order valence-electron chi connectivity index (χ0n) is 13.6. The fraction of sp³-hybridized carbons (Fsp3) is 0.294. The van der Waals surface area contributed by atoms with Gasteiger partial charge in [0.15, 0.2) is 5.11 Å². The quantitative estimate of drug-likeness (QED) is 0.482. The number of thiocarbonyl (C=S) groups is 1. The highest BCUT2D eigenvalue weighted by molar-refractivity contribution is 7.80. The van der Waals surface area contributed by atoms with Crippen molar-refractivity contribution in [3.63, 3.8) is 0 Å². The van der Waals surface area contributed by atoms with Crippen LogP contribution in [-0.4, -0.2) is 42.5 Å². The lowest BCUT2D eigenvalue weighted by molar-refractivity contribution is 0.0337. The summed E-state index contributed by atoms with van der Waals surface area (Å²) in [4.78, 5) is 2.17. The van der Waals surface area contributed by atoms with E-state index in [-0.39, 0.29) is 10.9 Å². The van der Waals surface area contributed by atoms with E-state index >= 15 is 0 Å². The van der Waals surface area contributed by atoms with Crippen LogP contribution < -0.4 is 11.2 Å². The molecule has 0 amide bonds. The van der Waals surface area contributed by atoms with E-state index in [1.807, 2.05) is 12.1 Å². The van der Waals surface area contributed by atoms with Crippen LogP contribution in [0.15, 0.2) is 39.9 Å². The highest BCUT2D eigenvalue weighted by atomic mass is 32.1. The fourth-order valence-electron chi connectivity index (χ4n) is 2.59. The van der Waals surface area contributed by atoms with Crippen molar-refractivity contribution in [2.75, 3.05) is 26.3 Å². The molecule has 25 heavy (non-hydrogen) atoms. The summed E-state index contributed by atoms with van der Waals surface area (Å²) in [6.07, 6.45) is 1.47. The van der Waals surface area contributed by atoms with Crippen molar-refractivity contribution in [1.82, 2.24) is 10.3 Å². The van der Waals surface area contributed by atoms with Crippen LogP contribution in [0.4, 0.5) is 4.39 Å². The van der Waals surface area contributed by atoms with Gasteiger partial charge in [-0.15, -0.1) is 0 Å². The Balaban J connectivity index is 1.74. The van der Waals surface area contributed by atoms with Crippen LogP contribution in [0.3, 0.4) is 0 Å². The maximum atomic E-state index is 14.1. The second-order valence-corrected chi connectivity index (χ2v) is 6.07. The number of nitrogens with two attached hydrogens (primary N) is 1. The number of ether oxygens (including phenoxy) is 1. The Hall–Kier alpha value is -2.29. The summed E-state index contributed by atoms with van der Waals surface area (Å²) in [5.74, 6) is 0.960. The van der Waals surface area contributed by atoms with Crippen molar-refractivity contribution in [2.45, 2.75) is 6.54 Å². The topological polar surface area (TPSA) is 76.0 Å². The number of halogens is 1. The molecule has 2 aromatic rings. The summed E-state index contributed by atoms with van der Waals surface area (Å²) < 4.78 is 25.2. The third-order valence-electron chi connectivity index (χ3n) is 3.82. The summed E-state index contributed by atoms with van der Waals surface area (Å²) >= 11 is 4.66. The van der Waals surface area contributed by atoms with E-state index in [9.17, 15) is 4.39 Å². The van der Waals surface area contributed by atoms with Gasteiger partial charge in [-0.1, -0.05) is 0 Å². The Kier molecular flexibility index (Phi) is 5.75. The average Bonchev–Trinajstić information content (AvgIpc) is 3.06.